The number of hydrogen-bond donors (Lipinski definition) is 1. The van der Waals surface area contributed by atoms with Gasteiger partial charge in [0.2, 0.25) is 5.91 Å². The highest BCUT2D eigenvalue weighted by atomic mass is 32.2. The quantitative estimate of drug-likeness (QED) is 0.664. The lowest BCUT2D eigenvalue weighted by molar-refractivity contribution is -0.129. The first kappa shape index (κ1) is 22.4. The third-order valence-electron chi connectivity index (χ3n) is 5.25. The van der Waals surface area contributed by atoms with E-state index in [0.717, 1.165) is 51.9 Å². The van der Waals surface area contributed by atoms with E-state index in [1.165, 1.54) is 0 Å². The molecule has 2 aliphatic rings. The van der Waals surface area contributed by atoms with E-state index in [1.54, 1.807) is 13.2 Å². The van der Waals surface area contributed by atoms with Crippen LogP contribution in [0.4, 0.5) is 4.79 Å². The van der Waals surface area contributed by atoms with Crippen molar-refractivity contribution in [2.45, 2.75) is 45.6 Å². The van der Waals surface area contributed by atoms with Crippen LogP contribution in [0, 0.1) is 6.92 Å². The number of carbonyl (C=O) groups excluding carboxylic acids is 3. The first-order valence-electron chi connectivity index (χ1n) is 10.1. The van der Waals surface area contributed by atoms with E-state index in [4.69, 9.17) is 9.47 Å². The summed E-state index contributed by atoms with van der Waals surface area (Å²) in [5.41, 5.74) is 2.83. The summed E-state index contributed by atoms with van der Waals surface area (Å²) in [7, 11) is 1.63. The number of amides is 3. The molecule has 1 aromatic rings. The Labute approximate surface area is 181 Å². The van der Waals surface area contributed by atoms with Gasteiger partial charge in [0.15, 0.2) is 0 Å². The van der Waals surface area contributed by atoms with Crippen LogP contribution in [0.1, 0.15) is 49.3 Å². The lowest BCUT2D eigenvalue weighted by Gasteiger charge is -2.15. The smallest absolute Gasteiger partial charge is 0.294 e. The van der Waals surface area contributed by atoms with Gasteiger partial charge in [0.25, 0.3) is 11.1 Å². The molecule has 30 heavy (non-hydrogen) atoms. The van der Waals surface area contributed by atoms with E-state index in [-0.39, 0.29) is 24.5 Å². The lowest BCUT2D eigenvalue weighted by Crippen LogP contribution is -2.41. The van der Waals surface area contributed by atoms with Crippen LogP contribution < -0.4 is 10.1 Å². The highest BCUT2D eigenvalue weighted by Crippen LogP contribution is 2.35. The molecule has 162 valence electrons. The number of ether oxygens (including phenoxy) is 2. The zero-order valence-corrected chi connectivity index (χ0v) is 18.6. The van der Waals surface area contributed by atoms with Gasteiger partial charge in [-0.15, -0.1) is 0 Å². The minimum atomic E-state index is -0.446. The molecule has 0 spiro atoms. The van der Waals surface area contributed by atoms with E-state index in [0.29, 0.717) is 18.1 Å². The van der Waals surface area contributed by atoms with E-state index in [2.05, 4.69) is 19.2 Å². The van der Waals surface area contributed by atoms with Crippen molar-refractivity contribution in [2.75, 3.05) is 26.8 Å². The Hall–Kier alpha value is -2.32. The first-order chi connectivity index (χ1) is 14.3. The maximum Gasteiger partial charge on any atom is 0.294 e. The van der Waals surface area contributed by atoms with Gasteiger partial charge in [0, 0.05) is 13.2 Å². The van der Waals surface area contributed by atoms with Gasteiger partial charge >= 0.3 is 0 Å². The van der Waals surface area contributed by atoms with Crippen LogP contribution in [-0.2, 0) is 14.3 Å². The number of hydrogen-bond acceptors (Lipinski definition) is 6. The molecule has 0 aliphatic carbocycles. The van der Waals surface area contributed by atoms with E-state index >= 15 is 0 Å². The first-order valence-corrected chi connectivity index (χ1v) is 10.9. The molecule has 1 atom stereocenters. The summed E-state index contributed by atoms with van der Waals surface area (Å²) in [6.07, 6.45) is 3.62. The van der Waals surface area contributed by atoms with Crippen LogP contribution in [-0.4, -0.2) is 54.9 Å². The van der Waals surface area contributed by atoms with Crippen LogP contribution >= 0.6 is 11.8 Å². The van der Waals surface area contributed by atoms with Crippen LogP contribution in [0.15, 0.2) is 17.0 Å². The van der Waals surface area contributed by atoms with Crippen molar-refractivity contribution in [3.63, 3.8) is 0 Å². The highest BCUT2D eigenvalue weighted by Gasteiger charge is 2.36. The summed E-state index contributed by atoms with van der Waals surface area (Å²) < 4.78 is 10.9. The van der Waals surface area contributed by atoms with Gasteiger partial charge in [-0.2, -0.15) is 0 Å². The Kier molecular flexibility index (Phi) is 7.20. The van der Waals surface area contributed by atoms with E-state index in [1.807, 2.05) is 19.1 Å². The molecule has 0 bridgehead atoms. The van der Waals surface area contributed by atoms with Gasteiger partial charge in [-0.3, -0.25) is 19.3 Å². The number of aryl methyl sites for hydroxylation is 1. The number of thioether (sulfide) groups is 1. The lowest BCUT2D eigenvalue weighted by atomic mass is 9.96. The number of rotatable bonds is 7. The summed E-state index contributed by atoms with van der Waals surface area (Å²) >= 11 is 0.858. The zero-order valence-electron chi connectivity index (χ0n) is 17.8. The third-order valence-corrected chi connectivity index (χ3v) is 6.16. The normalized spacial score (nSPS) is 20.5. The van der Waals surface area contributed by atoms with Crippen molar-refractivity contribution in [2.24, 2.45) is 0 Å². The predicted octanol–water partition coefficient (Wildman–Crippen LogP) is 3.46. The monoisotopic (exact) mass is 432 g/mol. The topological polar surface area (TPSA) is 84.9 Å². The number of methoxy groups -OCH3 is 1. The molecule has 0 radical (unpaired) electrons. The second-order valence-corrected chi connectivity index (χ2v) is 8.81. The van der Waals surface area contributed by atoms with Crippen LogP contribution in [0.3, 0.4) is 0 Å². The second-order valence-electron chi connectivity index (χ2n) is 7.81. The molecule has 2 heterocycles. The standard InChI is InChI=1S/C22H28N2O5S/c1-13(2)17-9-15(14(3)8-18(17)28-4)10-19-21(26)24(22(27)30-19)12-20(25)23-11-16-6-5-7-29-16/h8-10,13,16H,5-7,11-12H2,1-4H3,(H,23,25)/b19-10-/t16-/m1/s1. The predicted molar refractivity (Wildman–Crippen MR) is 116 cm³/mol. The Balaban J connectivity index is 1.71. The van der Waals surface area contributed by atoms with Gasteiger partial charge in [0.05, 0.1) is 18.1 Å². The zero-order chi connectivity index (χ0) is 21.8. The van der Waals surface area contributed by atoms with Crippen LogP contribution in [0.2, 0.25) is 0 Å². The Morgan fingerprint density at radius 2 is 2.17 bits per heavy atom. The number of imide groups is 1. The minimum absolute atomic E-state index is 0.0111. The number of nitrogens with one attached hydrogen (secondary N) is 1. The van der Waals surface area contributed by atoms with Crippen molar-refractivity contribution >= 4 is 34.9 Å². The van der Waals surface area contributed by atoms with E-state index in [9.17, 15) is 14.4 Å². The Bertz CT molecular complexity index is 875. The number of carbonyl (C=O) groups is 3. The summed E-state index contributed by atoms with van der Waals surface area (Å²) in [4.78, 5) is 38.6. The fourth-order valence-electron chi connectivity index (χ4n) is 3.51. The molecular weight excluding hydrogens is 404 g/mol. The summed E-state index contributed by atoms with van der Waals surface area (Å²) in [6, 6.07) is 3.92. The van der Waals surface area contributed by atoms with Gasteiger partial charge in [-0.1, -0.05) is 13.8 Å². The summed E-state index contributed by atoms with van der Waals surface area (Å²) in [5.74, 6) is 0.237. The SMILES string of the molecule is COc1cc(C)c(/C=C2\SC(=O)N(CC(=O)NC[C@H]3CCCO3)C2=O)cc1C(C)C. The molecule has 1 N–H and O–H groups in total. The van der Waals surface area contributed by atoms with Crippen molar-refractivity contribution in [1.82, 2.24) is 10.2 Å². The van der Waals surface area contributed by atoms with Crippen molar-refractivity contribution < 1.29 is 23.9 Å². The summed E-state index contributed by atoms with van der Waals surface area (Å²) in [5, 5.41) is 2.31. The molecule has 2 aliphatic heterocycles. The van der Waals surface area contributed by atoms with Gasteiger partial charge in [0.1, 0.15) is 12.3 Å². The average molecular weight is 433 g/mol. The largest absolute Gasteiger partial charge is 0.496 e. The molecule has 7 nitrogen and oxygen atoms in total. The Morgan fingerprint density at radius 1 is 1.40 bits per heavy atom. The molecule has 2 fully saturated rings. The fraction of sp³-hybridized carbons (Fsp3) is 0.500. The molecule has 0 aromatic heterocycles. The fourth-order valence-corrected chi connectivity index (χ4v) is 4.34. The molecule has 3 amide bonds. The third kappa shape index (κ3) is 5.05. The maximum absolute atomic E-state index is 12.8. The van der Waals surface area contributed by atoms with Gasteiger partial charge in [-0.25, -0.2) is 0 Å². The molecule has 8 heteroatoms. The Morgan fingerprint density at radius 3 is 2.80 bits per heavy atom. The molecular formula is C22H28N2O5S. The maximum atomic E-state index is 12.8. The molecule has 0 unspecified atom stereocenters. The molecule has 3 rings (SSSR count). The average Bonchev–Trinajstić information content (AvgIpc) is 3.31. The van der Waals surface area contributed by atoms with Crippen molar-refractivity contribution in [3.8, 4) is 5.75 Å². The van der Waals surface area contributed by atoms with Crippen molar-refractivity contribution in [1.29, 1.82) is 0 Å². The van der Waals surface area contributed by atoms with E-state index < -0.39 is 11.1 Å². The van der Waals surface area contributed by atoms with Gasteiger partial charge < -0.3 is 14.8 Å². The number of benzene rings is 1. The van der Waals surface area contributed by atoms with Crippen LogP contribution in [0.25, 0.3) is 6.08 Å². The van der Waals surface area contributed by atoms with Gasteiger partial charge in [-0.05, 0) is 72.3 Å². The number of nitrogens with zero attached hydrogens (tertiary/aromatic N) is 1. The molecule has 1 aromatic carbocycles. The second kappa shape index (κ2) is 9.66. The molecule has 0 saturated carbocycles. The van der Waals surface area contributed by atoms with Crippen molar-refractivity contribution in [3.05, 3.63) is 33.7 Å². The minimum Gasteiger partial charge on any atom is -0.496 e. The highest BCUT2D eigenvalue weighted by molar-refractivity contribution is 8.18. The molecule has 2 saturated heterocycles. The summed E-state index contributed by atoms with van der Waals surface area (Å²) in [6.45, 7) is 6.89. The van der Waals surface area contributed by atoms with Crippen LogP contribution in [0.5, 0.6) is 5.75 Å².